The first kappa shape index (κ1) is 38.1. The molecule has 0 radical (unpaired) electrons. The van der Waals surface area contributed by atoms with Crippen molar-refractivity contribution >= 4 is 55.1 Å². The van der Waals surface area contributed by atoms with E-state index in [-0.39, 0.29) is 21.3 Å². The van der Waals surface area contributed by atoms with Crippen molar-refractivity contribution in [3.63, 3.8) is 0 Å². The highest BCUT2D eigenvalue weighted by Gasteiger charge is 2.41. The summed E-state index contributed by atoms with van der Waals surface area (Å²) in [5.74, 6) is 1.90. The summed E-state index contributed by atoms with van der Waals surface area (Å²) in [6.07, 6.45) is 4.49. The molecule has 0 aromatic heterocycles. The largest absolute Gasteiger partial charge is 0.378 e. The zero-order chi connectivity index (χ0) is 34.9. The minimum Gasteiger partial charge on any atom is -0.378 e. The number of ether oxygens (including phenoxy) is 1. The highest BCUT2D eigenvalue weighted by molar-refractivity contribution is 8.05. The van der Waals surface area contributed by atoms with Crippen LogP contribution in [0.4, 0.5) is 0 Å². The van der Waals surface area contributed by atoms with Crippen LogP contribution in [0.3, 0.4) is 0 Å². The molecule has 0 amide bonds. The standard InChI is InChI=1S/C8H8O4S2.C8H8S2.C7H14N2O.C7H7NS.C6H11N/c9-13(10)5-6-14(11,12)8-4-2-1-3-7(8)13;1-2-4-8-7(3-1)9-5-6-10-8;1-2-9-3-4-10-6-7(9)5-8-1;1-2-4-7-6(3-1)5-8-9-7;1-2-6(3-1)4-7-5-6/h1-4H,5-6H2;1-4H,5-6H2;7-8H,1-6H2;1-4,8H,5H2;7H,1-5H2. The van der Waals surface area contributed by atoms with E-state index in [1.165, 1.54) is 94.9 Å². The van der Waals surface area contributed by atoms with Crippen LogP contribution in [0.15, 0.2) is 97.3 Å². The highest BCUT2D eigenvalue weighted by atomic mass is 32.2. The maximum Gasteiger partial charge on any atom is 0.180 e. The van der Waals surface area contributed by atoms with Gasteiger partial charge in [-0.25, -0.2) is 16.8 Å². The lowest BCUT2D eigenvalue weighted by Crippen LogP contribution is -2.57. The topological polar surface area (TPSA) is 117 Å². The summed E-state index contributed by atoms with van der Waals surface area (Å²) in [5, 5.41) is 6.67. The molecule has 1 spiro atoms. The van der Waals surface area contributed by atoms with Crippen molar-refractivity contribution in [2.24, 2.45) is 5.41 Å². The molecule has 1 aliphatic carbocycles. The second kappa shape index (κ2) is 18.0. The smallest absolute Gasteiger partial charge is 0.180 e. The third-order valence-electron chi connectivity index (χ3n) is 9.72. The molecule has 10 rings (SSSR count). The van der Waals surface area contributed by atoms with Gasteiger partial charge in [0.25, 0.3) is 0 Å². The zero-order valence-electron chi connectivity index (χ0n) is 28.3. The van der Waals surface area contributed by atoms with Crippen LogP contribution < -0.4 is 15.4 Å². The van der Waals surface area contributed by atoms with Crippen molar-refractivity contribution in [2.75, 3.05) is 75.5 Å². The number of nitrogens with zero attached hydrogens (tertiary/aromatic N) is 1. The minimum atomic E-state index is -3.39. The molecule has 4 fully saturated rings. The summed E-state index contributed by atoms with van der Waals surface area (Å²) in [7, 11) is -6.78. The van der Waals surface area contributed by atoms with E-state index in [1.54, 1.807) is 11.9 Å². The van der Waals surface area contributed by atoms with Gasteiger partial charge < -0.3 is 15.4 Å². The van der Waals surface area contributed by atoms with Gasteiger partial charge in [-0.2, -0.15) is 0 Å². The van der Waals surface area contributed by atoms with Crippen molar-refractivity contribution in [3.05, 3.63) is 78.4 Å². The maximum atomic E-state index is 11.5. The fourth-order valence-corrected chi connectivity index (χ4v) is 13.8. The van der Waals surface area contributed by atoms with Crippen LogP contribution in [-0.4, -0.2) is 103 Å². The Morgan fingerprint density at radius 3 is 1.86 bits per heavy atom. The van der Waals surface area contributed by atoms with Gasteiger partial charge in [-0.15, -0.1) is 23.5 Å². The Labute approximate surface area is 310 Å². The summed E-state index contributed by atoms with van der Waals surface area (Å²) in [6, 6.07) is 23.4. The Morgan fingerprint density at radius 2 is 1.34 bits per heavy atom. The van der Waals surface area contributed by atoms with Gasteiger partial charge in [-0.1, -0.05) is 48.9 Å². The lowest BCUT2D eigenvalue weighted by Gasteiger charge is -2.49. The summed E-state index contributed by atoms with van der Waals surface area (Å²) >= 11 is 5.65. The third-order valence-corrected chi connectivity index (χ3v) is 17.1. The molecule has 6 heterocycles. The molecule has 272 valence electrons. The molecule has 50 heavy (non-hydrogen) atoms. The molecule has 1 unspecified atom stereocenters. The number of benzene rings is 3. The molecular formula is C36H48N4O5S5. The summed E-state index contributed by atoms with van der Waals surface area (Å²) in [4.78, 5) is 6.67. The maximum absolute atomic E-state index is 11.5. The normalized spacial score (nSPS) is 24.3. The monoisotopic (exact) mass is 776 g/mol. The zero-order valence-corrected chi connectivity index (χ0v) is 32.4. The average Bonchev–Trinajstić information content (AvgIpc) is 3.60. The molecule has 1 saturated carbocycles. The second-order valence-corrected chi connectivity index (χ2v) is 20.5. The van der Waals surface area contributed by atoms with Gasteiger partial charge in [0.1, 0.15) is 0 Å². The molecular weight excluding hydrogens is 729 g/mol. The molecule has 6 aliphatic heterocycles. The highest BCUT2D eigenvalue weighted by Crippen LogP contribution is 2.43. The van der Waals surface area contributed by atoms with Gasteiger partial charge >= 0.3 is 0 Å². The Morgan fingerprint density at radius 1 is 0.740 bits per heavy atom. The van der Waals surface area contributed by atoms with Crippen LogP contribution in [0.25, 0.3) is 0 Å². The summed E-state index contributed by atoms with van der Waals surface area (Å²) < 4.78 is 54.5. The van der Waals surface area contributed by atoms with Crippen molar-refractivity contribution in [2.45, 2.75) is 56.3 Å². The number of thioether (sulfide) groups is 2. The van der Waals surface area contributed by atoms with Gasteiger partial charge in [0.2, 0.25) is 0 Å². The quantitative estimate of drug-likeness (QED) is 0.268. The van der Waals surface area contributed by atoms with Crippen LogP contribution in [0.2, 0.25) is 0 Å². The van der Waals surface area contributed by atoms with Crippen molar-refractivity contribution < 1.29 is 21.6 Å². The van der Waals surface area contributed by atoms with Gasteiger partial charge in [0.05, 0.1) is 34.5 Å². The van der Waals surface area contributed by atoms with Crippen LogP contribution >= 0.6 is 35.5 Å². The van der Waals surface area contributed by atoms with Gasteiger partial charge in [-0.05, 0) is 66.1 Å². The van der Waals surface area contributed by atoms with E-state index in [0.29, 0.717) is 6.04 Å². The minimum absolute atomic E-state index is 0.0637. The van der Waals surface area contributed by atoms with Gasteiger partial charge in [0, 0.05) is 78.0 Å². The van der Waals surface area contributed by atoms with E-state index in [9.17, 15) is 16.8 Å². The Balaban J connectivity index is 0.000000110. The number of hydrogen-bond acceptors (Lipinski definition) is 12. The molecule has 7 aliphatic rings. The van der Waals surface area contributed by atoms with E-state index in [4.69, 9.17) is 4.74 Å². The number of rotatable bonds is 0. The molecule has 9 nitrogen and oxygen atoms in total. The van der Waals surface area contributed by atoms with Gasteiger partial charge in [-0.3, -0.25) is 9.62 Å². The molecule has 14 heteroatoms. The predicted molar refractivity (Wildman–Crippen MR) is 206 cm³/mol. The number of piperazine rings is 1. The van der Waals surface area contributed by atoms with Crippen LogP contribution in [0.1, 0.15) is 24.8 Å². The average molecular weight is 777 g/mol. The number of fused-ring (bicyclic) bond motifs is 4. The number of morpholine rings is 1. The predicted octanol–water partition coefficient (Wildman–Crippen LogP) is 4.98. The van der Waals surface area contributed by atoms with Crippen molar-refractivity contribution in [3.8, 4) is 0 Å². The Bertz CT molecular complexity index is 1640. The van der Waals surface area contributed by atoms with Crippen LogP contribution in [-0.2, 0) is 31.0 Å². The molecule has 3 aromatic carbocycles. The number of nitrogens with one attached hydrogen (secondary N) is 3. The lowest BCUT2D eigenvalue weighted by atomic mass is 9.65. The van der Waals surface area contributed by atoms with Crippen LogP contribution in [0.5, 0.6) is 0 Å². The second-order valence-electron chi connectivity index (χ2n) is 13.2. The number of hydrogen-bond donors (Lipinski definition) is 3. The first-order chi connectivity index (χ1) is 24.2. The first-order valence-corrected chi connectivity index (χ1v) is 23.4. The van der Waals surface area contributed by atoms with E-state index < -0.39 is 19.7 Å². The Kier molecular flexibility index (Phi) is 13.7. The SMILES string of the molecule is C1CC2(C1)CNC2.C1CN2CCOCC2CN1.O=S1(=O)CCS(=O)(=O)c2ccccc21.c1ccc2c(c1)CNS2.c1ccc2c(c1)SCCS2. The van der Waals surface area contributed by atoms with Crippen molar-refractivity contribution in [1.29, 1.82) is 0 Å². The molecule has 0 bridgehead atoms. The van der Waals surface area contributed by atoms with Crippen molar-refractivity contribution in [1.82, 2.24) is 20.3 Å². The van der Waals surface area contributed by atoms with E-state index >= 15 is 0 Å². The molecule has 3 aromatic rings. The lowest BCUT2D eigenvalue weighted by molar-refractivity contribution is -0.0168. The number of sulfone groups is 2. The fourth-order valence-electron chi connectivity index (χ4n) is 6.51. The first-order valence-electron chi connectivity index (χ1n) is 17.3. The van der Waals surface area contributed by atoms with Crippen LogP contribution in [0, 0.1) is 5.41 Å². The molecule has 3 N–H and O–H groups in total. The van der Waals surface area contributed by atoms with E-state index in [1.807, 2.05) is 23.5 Å². The molecule has 1 atom stereocenters. The summed E-state index contributed by atoms with van der Waals surface area (Å²) in [5.41, 5.74) is 2.25. The molecule has 3 saturated heterocycles. The third kappa shape index (κ3) is 10.1. The summed E-state index contributed by atoms with van der Waals surface area (Å²) in [6.45, 7) is 10.1. The Hall–Kier alpha value is -1.59. The van der Waals surface area contributed by atoms with E-state index in [2.05, 4.69) is 68.8 Å². The van der Waals surface area contributed by atoms with Gasteiger partial charge in [0.15, 0.2) is 19.7 Å². The van der Waals surface area contributed by atoms with E-state index in [0.717, 1.165) is 44.8 Å². The fraction of sp³-hybridized carbons (Fsp3) is 0.500.